The normalized spacial score (nSPS) is 11.8. The number of rotatable bonds is 11. The van der Waals surface area contributed by atoms with Crippen LogP contribution in [-0.2, 0) is 19.4 Å². The summed E-state index contributed by atoms with van der Waals surface area (Å²) in [6, 6.07) is 22.4. The fourth-order valence-electron chi connectivity index (χ4n) is 4.66. The van der Waals surface area contributed by atoms with Crippen LogP contribution >= 0.6 is 0 Å². The summed E-state index contributed by atoms with van der Waals surface area (Å²) in [7, 11) is 1.70. The van der Waals surface area contributed by atoms with Gasteiger partial charge in [-0.25, -0.2) is 0 Å². The molecule has 0 amide bonds. The Hall–Kier alpha value is -3.62. The molecule has 1 aliphatic rings. The van der Waals surface area contributed by atoms with E-state index in [1.807, 2.05) is 24.3 Å². The molecule has 4 rings (SSSR count). The van der Waals surface area contributed by atoms with Crippen molar-refractivity contribution in [2.24, 2.45) is 0 Å². The van der Waals surface area contributed by atoms with E-state index in [2.05, 4.69) is 79.8 Å². The number of benzene rings is 3. The second-order valence-electron chi connectivity index (χ2n) is 9.40. The number of hydrogen-bond acceptors (Lipinski definition) is 5. The van der Waals surface area contributed by atoms with Gasteiger partial charge in [0.2, 0.25) is 0 Å². The number of hydrogen-bond donors (Lipinski definition) is 1. The third-order valence-electron chi connectivity index (χ3n) is 7.00. The van der Waals surface area contributed by atoms with Crippen molar-refractivity contribution >= 4 is 5.69 Å². The maximum absolute atomic E-state index is 9.19. The van der Waals surface area contributed by atoms with E-state index in [-0.39, 0.29) is 0 Å². The Morgan fingerprint density at radius 1 is 0.795 bits per heavy atom. The molecule has 0 radical (unpaired) electrons. The van der Waals surface area contributed by atoms with Crippen LogP contribution in [0.15, 0.2) is 66.7 Å². The highest BCUT2D eigenvalue weighted by Gasteiger charge is 2.09. The quantitative estimate of drug-likeness (QED) is 0.272. The lowest BCUT2D eigenvalue weighted by Gasteiger charge is -2.24. The topological polar surface area (TPSA) is 45.2 Å². The Bertz CT molecular complexity index is 1110. The molecule has 0 atom stereocenters. The Labute approximate surface area is 236 Å². The lowest BCUT2D eigenvalue weighted by atomic mass is 9.92. The highest BCUT2D eigenvalue weighted by Crippen LogP contribution is 2.25. The lowest BCUT2D eigenvalue weighted by Crippen LogP contribution is -2.27. The van der Waals surface area contributed by atoms with Crippen molar-refractivity contribution in [2.75, 3.05) is 44.8 Å². The summed E-state index contributed by atoms with van der Waals surface area (Å²) >= 11 is 0. The van der Waals surface area contributed by atoms with Gasteiger partial charge in [-0.05, 0) is 98.8 Å². The first-order valence-corrected chi connectivity index (χ1v) is 14.0. The van der Waals surface area contributed by atoms with Gasteiger partial charge in [-0.15, -0.1) is 12.8 Å². The van der Waals surface area contributed by atoms with Crippen LogP contribution in [-0.4, -0.2) is 49.9 Å². The summed E-state index contributed by atoms with van der Waals surface area (Å²) in [6.07, 6.45) is 12.9. The maximum atomic E-state index is 9.19. The van der Waals surface area contributed by atoms with Crippen LogP contribution < -0.4 is 14.4 Å². The third kappa shape index (κ3) is 10.6. The molecule has 0 saturated heterocycles. The van der Waals surface area contributed by atoms with Gasteiger partial charge >= 0.3 is 0 Å². The van der Waals surface area contributed by atoms with Crippen LogP contribution in [0.25, 0.3) is 0 Å². The van der Waals surface area contributed by atoms with Gasteiger partial charge in [-0.2, -0.15) is 0 Å². The summed E-state index contributed by atoms with van der Waals surface area (Å²) in [5, 5.41) is 9.19. The van der Waals surface area contributed by atoms with Crippen molar-refractivity contribution in [1.29, 1.82) is 0 Å². The summed E-state index contributed by atoms with van der Waals surface area (Å²) in [4.78, 5) is 4.69. The van der Waals surface area contributed by atoms with Gasteiger partial charge in [0, 0.05) is 31.4 Å². The van der Waals surface area contributed by atoms with Crippen LogP contribution in [0.2, 0.25) is 0 Å². The average molecular weight is 531 g/mol. The summed E-state index contributed by atoms with van der Waals surface area (Å²) in [5.41, 5.74) is 5.21. The minimum absolute atomic E-state index is 0.408. The molecular weight excluding hydrogens is 484 g/mol. The predicted octanol–water partition coefficient (Wildman–Crippen LogP) is 6.96. The number of nitrogens with zero attached hydrogens (tertiary/aromatic N) is 2. The molecule has 0 fully saturated rings. The van der Waals surface area contributed by atoms with E-state index in [0.717, 1.165) is 57.3 Å². The number of aromatic hydroxyl groups is 1. The molecule has 5 heteroatoms. The first kappa shape index (κ1) is 31.6. The average Bonchev–Trinajstić information content (AvgIpc) is 3.00. The molecular formula is C34H46N2O3. The van der Waals surface area contributed by atoms with Crippen molar-refractivity contribution < 1.29 is 14.6 Å². The summed E-state index contributed by atoms with van der Waals surface area (Å²) < 4.78 is 11.2. The van der Waals surface area contributed by atoms with Crippen molar-refractivity contribution in [3.63, 3.8) is 0 Å². The van der Waals surface area contributed by atoms with Crippen LogP contribution in [0.5, 0.6) is 17.2 Å². The fraction of sp³-hybridized carbons (Fsp3) is 0.412. The Morgan fingerprint density at radius 2 is 1.49 bits per heavy atom. The minimum atomic E-state index is 0.408. The number of terminal acetylenes is 1. The minimum Gasteiger partial charge on any atom is -0.508 e. The molecule has 0 unspecified atom stereocenters. The Morgan fingerprint density at radius 3 is 2.13 bits per heavy atom. The zero-order valence-electron chi connectivity index (χ0n) is 24.2. The largest absolute Gasteiger partial charge is 0.508 e. The number of likely N-dealkylation sites (N-methyl/N-ethyl adjacent to an activating group) is 1. The van der Waals surface area contributed by atoms with E-state index < -0.39 is 0 Å². The molecule has 210 valence electrons. The second-order valence-corrected chi connectivity index (χ2v) is 9.40. The van der Waals surface area contributed by atoms with E-state index >= 15 is 0 Å². The molecule has 0 aliphatic heterocycles. The van der Waals surface area contributed by atoms with Crippen LogP contribution in [0.3, 0.4) is 0 Å². The molecule has 0 heterocycles. The lowest BCUT2D eigenvalue weighted by molar-refractivity contribution is 0.223. The molecule has 3 aromatic carbocycles. The number of methoxy groups -OCH3 is 1. The zero-order valence-corrected chi connectivity index (χ0v) is 24.2. The number of ether oxygens (including phenoxy) is 2. The van der Waals surface area contributed by atoms with E-state index in [0.29, 0.717) is 5.75 Å². The molecule has 1 N–H and O–H groups in total. The number of fused-ring (bicyclic) bond motifs is 1. The van der Waals surface area contributed by atoms with Gasteiger partial charge in [-0.1, -0.05) is 38.1 Å². The third-order valence-corrected chi connectivity index (χ3v) is 7.00. The van der Waals surface area contributed by atoms with Crippen molar-refractivity contribution in [3.05, 3.63) is 83.4 Å². The van der Waals surface area contributed by atoms with Gasteiger partial charge in [0.15, 0.2) is 0 Å². The van der Waals surface area contributed by atoms with E-state index in [4.69, 9.17) is 9.47 Å². The van der Waals surface area contributed by atoms with Gasteiger partial charge in [0.25, 0.3) is 0 Å². The van der Waals surface area contributed by atoms with Gasteiger partial charge in [0.05, 0.1) is 7.11 Å². The van der Waals surface area contributed by atoms with E-state index in [1.54, 1.807) is 13.2 Å². The molecule has 0 saturated carbocycles. The van der Waals surface area contributed by atoms with Gasteiger partial charge < -0.3 is 24.4 Å². The first-order valence-electron chi connectivity index (χ1n) is 14.0. The first-order chi connectivity index (χ1) is 19.1. The van der Waals surface area contributed by atoms with Gasteiger partial charge in [-0.3, -0.25) is 0 Å². The number of phenolic OH excluding ortho intramolecular Hbond substituents is 1. The van der Waals surface area contributed by atoms with Crippen LogP contribution in [0, 0.1) is 12.8 Å². The van der Waals surface area contributed by atoms with Crippen molar-refractivity contribution in [3.8, 4) is 30.1 Å². The number of phenols is 1. The van der Waals surface area contributed by atoms with Crippen molar-refractivity contribution in [2.45, 2.75) is 53.0 Å². The standard InChI is InChI=1S/C22H32N2O2.C10H12O.C2H2/c1-5-23(6-2)15-16-26-21-13-11-19(12-14-21)18-24(7-3)20-9-8-10-22(17-20)25-4;11-10-6-5-8-3-1-2-4-9(8)7-10;1-2/h8-14,17H,5-7,15-16,18H2,1-4H3;5-7,11H,1-4H2;1-2H. The maximum Gasteiger partial charge on any atom is 0.120 e. The Balaban J connectivity index is 0.000000338. The van der Waals surface area contributed by atoms with Crippen molar-refractivity contribution in [1.82, 2.24) is 4.90 Å². The van der Waals surface area contributed by atoms with Crippen LogP contribution in [0.1, 0.15) is 50.3 Å². The van der Waals surface area contributed by atoms with E-state index in [1.165, 1.54) is 41.6 Å². The SMILES string of the molecule is C#C.CCN(CC)CCOc1ccc(CN(CC)c2cccc(OC)c2)cc1.Oc1ccc2c(c1)CCCC2. The van der Waals surface area contributed by atoms with Gasteiger partial charge in [0.1, 0.15) is 23.9 Å². The molecule has 5 nitrogen and oxygen atoms in total. The number of anilines is 1. The number of aryl methyl sites for hydroxylation is 2. The fourth-order valence-corrected chi connectivity index (χ4v) is 4.66. The molecule has 1 aliphatic carbocycles. The smallest absolute Gasteiger partial charge is 0.120 e. The molecule has 0 aromatic heterocycles. The zero-order chi connectivity index (χ0) is 28.5. The monoisotopic (exact) mass is 530 g/mol. The van der Waals surface area contributed by atoms with Crippen LogP contribution in [0.4, 0.5) is 5.69 Å². The summed E-state index contributed by atoms with van der Waals surface area (Å²) in [5.74, 6) is 2.23. The Kier molecular flexibility index (Phi) is 14.4. The summed E-state index contributed by atoms with van der Waals surface area (Å²) in [6.45, 7) is 12.2. The highest BCUT2D eigenvalue weighted by atomic mass is 16.5. The predicted molar refractivity (Wildman–Crippen MR) is 164 cm³/mol. The molecule has 3 aromatic rings. The molecule has 0 bridgehead atoms. The highest BCUT2D eigenvalue weighted by molar-refractivity contribution is 5.51. The molecule has 39 heavy (non-hydrogen) atoms. The molecule has 0 spiro atoms. The second kappa shape index (κ2) is 17.8. The van der Waals surface area contributed by atoms with E-state index in [9.17, 15) is 5.11 Å².